The summed E-state index contributed by atoms with van der Waals surface area (Å²) in [7, 11) is 1.25. The number of anilines is 1. The topological polar surface area (TPSA) is 102 Å². The van der Waals surface area contributed by atoms with Crippen LogP contribution >= 0.6 is 0 Å². The molecule has 0 heterocycles. The van der Waals surface area contributed by atoms with Crippen molar-refractivity contribution in [2.45, 2.75) is 0 Å². The van der Waals surface area contributed by atoms with Crippen LogP contribution in [0.3, 0.4) is 0 Å². The molecule has 3 aromatic carbocycles. The molecule has 2 N–H and O–H groups in total. The number of para-hydroxylation sites is 1. The molecule has 0 aliphatic rings. The van der Waals surface area contributed by atoms with Crippen molar-refractivity contribution in [3.05, 3.63) is 71.8 Å². The van der Waals surface area contributed by atoms with E-state index in [4.69, 9.17) is 9.47 Å². The Morgan fingerprint density at radius 2 is 1.64 bits per heavy atom. The number of amides is 1. The predicted octanol–water partition coefficient (Wildman–Crippen LogP) is 3.34. The highest BCUT2D eigenvalue weighted by Gasteiger charge is 2.17. The number of aromatic carboxylic acids is 1. The number of carbonyl (C=O) groups is 3. The van der Waals surface area contributed by atoms with Gasteiger partial charge in [-0.15, -0.1) is 0 Å². The van der Waals surface area contributed by atoms with Crippen molar-refractivity contribution >= 4 is 34.3 Å². The number of nitrogens with one attached hydrogen (secondary N) is 1. The number of carboxylic acids is 1. The van der Waals surface area contributed by atoms with Crippen LogP contribution in [0.4, 0.5) is 5.69 Å². The van der Waals surface area contributed by atoms with E-state index in [9.17, 15) is 19.5 Å². The Labute approximate surface area is 160 Å². The number of benzene rings is 3. The first-order valence-corrected chi connectivity index (χ1v) is 8.36. The number of carbonyl (C=O) groups excluding carboxylic acids is 2. The summed E-state index contributed by atoms with van der Waals surface area (Å²) in [5, 5.41) is 13.4. The van der Waals surface area contributed by atoms with Gasteiger partial charge in [0.2, 0.25) is 0 Å². The van der Waals surface area contributed by atoms with Gasteiger partial charge in [0.05, 0.1) is 18.4 Å². The number of carboxylic acid groups (broad SMARTS) is 1. The molecular weight excluding hydrogens is 362 g/mol. The van der Waals surface area contributed by atoms with Crippen LogP contribution in [0, 0.1) is 0 Å². The molecule has 3 rings (SSSR count). The number of hydrogen-bond donors (Lipinski definition) is 2. The van der Waals surface area contributed by atoms with Gasteiger partial charge >= 0.3 is 11.9 Å². The summed E-state index contributed by atoms with van der Waals surface area (Å²) < 4.78 is 10.3. The minimum absolute atomic E-state index is 0.0403. The molecule has 3 aromatic rings. The lowest BCUT2D eigenvalue weighted by Gasteiger charge is -2.13. The van der Waals surface area contributed by atoms with E-state index in [0.717, 1.165) is 5.39 Å². The summed E-state index contributed by atoms with van der Waals surface area (Å²) in [6.45, 7) is -0.427. The third-order valence-corrected chi connectivity index (χ3v) is 4.06. The molecule has 0 saturated carbocycles. The molecule has 7 nitrogen and oxygen atoms in total. The molecule has 0 radical (unpaired) electrons. The molecular formula is C21H17NO6. The second kappa shape index (κ2) is 8.22. The van der Waals surface area contributed by atoms with Crippen molar-refractivity contribution in [3.63, 3.8) is 0 Å². The highest BCUT2D eigenvalue weighted by atomic mass is 16.5. The maximum atomic E-state index is 12.3. The quantitative estimate of drug-likeness (QED) is 0.637. The van der Waals surface area contributed by atoms with Crippen LogP contribution in [-0.4, -0.2) is 36.7 Å². The molecule has 0 saturated heterocycles. The van der Waals surface area contributed by atoms with Gasteiger partial charge in [0.1, 0.15) is 11.3 Å². The summed E-state index contributed by atoms with van der Waals surface area (Å²) in [6, 6.07) is 16.6. The summed E-state index contributed by atoms with van der Waals surface area (Å²) >= 11 is 0. The lowest BCUT2D eigenvalue weighted by atomic mass is 10.1. The van der Waals surface area contributed by atoms with Crippen molar-refractivity contribution < 1.29 is 29.0 Å². The van der Waals surface area contributed by atoms with E-state index in [2.05, 4.69) is 5.32 Å². The largest absolute Gasteiger partial charge is 0.482 e. The normalized spacial score (nSPS) is 10.3. The molecule has 0 unspecified atom stereocenters. The van der Waals surface area contributed by atoms with Crippen LogP contribution < -0.4 is 10.1 Å². The summed E-state index contributed by atoms with van der Waals surface area (Å²) in [5.41, 5.74) is 0.440. The molecule has 0 aliphatic heterocycles. The third kappa shape index (κ3) is 3.93. The first-order valence-electron chi connectivity index (χ1n) is 8.36. The molecule has 0 atom stereocenters. The lowest BCUT2D eigenvalue weighted by Crippen LogP contribution is -2.22. The van der Waals surface area contributed by atoms with Crippen LogP contribution in [0.5, 0.6) is 5.75 Å². The molecule has 0 aliphatic carbocycles. The fourth-order valence-corrected chi connectivity index (χ4v) is 2.77. The summed E-state index contributed by atoms with van der Waals surface area (Å²) in [6.07, 6.45) is 0. The molecule has 0 bridgehead atoms. The Balaban J connectivity index is 1.82. The van der Waals surface area contributed by atoms with Crippen LogP contribution in [-0.2, 0) is 9.53 Å². The summed E-state index contributed by atoms with van der Waals surface area (Å²) in [5.74, 6) is -2.17. The van der Waals surface area contributed by atoms with E-state index in [-0.39, 0.29) is 22.6 Å². The standard InChI is InChI=1S/C21H17NO6/c1-27-21(26)15-8-4-5-9-17(15)22-18(23)12-28-19-14-7-3-2-6-13(14)10-11-16(19)20(24)25/h2-11H,12H2,1H3,(H,22,23)(H,24,25). The third-order valence-electron chi connectivity index (χ3n) is 4.06. The van der Waals surface area contributed by atoms with Gasteiger partial charge in [-0.1, -0.05) is 42.5 Å². The monoisotopic (exact) mass is 379 g/mol. The maximum Gasteiger partial charge on any atom is 0.339 e. The van der Waals surface area contributed by atoms with Crippen molar-refractivity contribution in [3.8, 4) is 5.75 Å². The number of rotatable bonds is 6. The van der Waals surface area contributed by atoms with Gasteiger partial charge in [-0.05, 0) is 23.6 Å². The van der Waals surface area contributed by atoms with E-state index >= 15 is 0 Å². The Morgan fingerprint density at radius 1 is 0.929 bits per heavy atom. The molecule has 142 valence electrons. The van der Waals surface area contributed by atoms with E-state index in [0.29, 0.717) is 5.39 Å². The van der Waals surface area contributed by atoms with E-state index in [1.54, 1.807) is 36.4 Å². The minimum atomic E-state index is -1.16. The first kappa shape index (κ1) is 18.9. The number of hydrogen-bond acceptors (Lipinski definition) is 5. The van der Waals surface area contributed by atoms with Gasteiger partial charge in [0.25, 0.3) is 5.91 Å². The van der Waals surface area contributed by atoms with Gasteiger partial charge in [-0.2, -0.15) is 0 Å². The zero-order valence-corrected chi connectivity index (χ0v) is 15.0. The van der Waals surface area contributed by atoms with Crippen LogP contribution in [0.15, 0.2) is 60.7 Å². The average Bonchev–Trinajstić information content (AvgIpc) is 2.71. The smallest absolute Gasteiger partial charge is 0.339 e. The molecule has 0 fully saturated rings. The highest BCUT2D eigenvalue weighted by molar-refractivity contribution is 6.03. The first-order chi connectivity index (χ1) is 13.5. The zero-order valence-electron chi connectivity index (χ0n) is 15.0. The second-order valence-corrected chi connectivity index (χ2v) is 5.84. The van der Waals surface area contributed by atoms with Crippen molar-refractivity contribution in [2.24, 2.45) is 0 Å². The van der Waals surface area contributed by atoms with Crippen LogP contribution in [0.25, 0.3) is 10.8 Å². The fraction of sp³-hybridized carbons (Fsp3) is 0.0952. The molecule has 1 amide bonds. The van der Waals surface area contributed by atoms with E-state index in [1.807, 2.05) is 12.1 Å². The number of ether oxygens (including phenoxy) is 2. The molecule has 28 heavy (non-hydrogen) atoms. The van der Waals surface area contributed by atoms with Gasteiger partial charge in [-0.25, -0.2) is 9.59 Å². The van der Waals surface area contributed by atoms with Gasteiger partial charge in [-0.3, -0.25) is 4.79 Å². The number of esters is 1. The number of methoxy groups -OCH3 is 1. The SMILES string of the molecule is COC(=O)c1ccccc1NC(=O)COc1c(C(=O)O)ccc2ccccc12. The molecule has 7 heteroatoms. The van der Waals surface area contributed by atoms with Gasteiger partial charge < -0.3 is 19.9 Å². The fourth-order valence-electron chi connectivity index (χ4n) is 2.77. The Kier molecular flexibility index (Phi) is 5.55. The number of fused-ring (bicyclic) bond motifs is 1. The van der Waals surface area contributed by atoms with E-state index in [1.165, 1.54) is 19.2 Å². The molecule has 0 aromatic heterocycles. The van der Waals surface area contributed by atoms with Gasteiger partial charge in [0, 0.05) is 5.39 Å². The lowest BCUT2D eigenvalue weighted by molar-refractivity contribution is -0.118. The highest BCUT2D eigenvalue weighted by Crippen LogP contribution is 2.30. The van der Waals surface area contributed by atoms with E-state index < -0.39 is 24.5 Å². The molecule has 0 spiro atoms. The maximum absolute atomic E-state index is 12.3. The minimum Gasteiger partial charge on any atom is -0.482 e. The second-order valence-electron chi connectivity index (χ2n) is 5.84. The predicted molar refractivity (Wildman–Crippen MR) is 103 cm³/mol. The Hall–Kier alpha value is -3.87. The van der Waals surface area contributed by atoms with Crippen LogP contribution in [0.2, 0.25) is 0 Å². The van der Waals surface area contributed by atoms with Gasteiger partial charge in [0.15, 0.2) is 6.61 Å². The zero-order chi connectivity index (χ0) is 20.1. The van der Waals surface area contributed by atoms with Crippen LogP contribution in [0.1, 0.15) is 20.7 Å². The van der Waals surface area contributed by atoms with Crippen molar-refractivity contribution in [1.29, 1.82) is 0 Å². The van der Waals surface area contributed by atoms with Crippen molar-refractivity contribution in [2.75, 3.05) is 19.0 Å². The Morgan fingerprint density at radius 3 is 2.39 bits per heavy atom. The summed E-state index contributed by atoms with van der Waals surface area (Å²) in [4.78, 5) is 35.6. The average molecular weight is 379 g/mol. The van der Waals surface area contributed by atoms with Crippen molar-refractivity contribution in [1.82, 2.24) is 0 Å². The Bertz CT molecular complexity index is 1060.